The summed E-state index contributed by atoms with van der Waals surface area (Å²) in [4.78, 5) is 11.7. The molecular formula is C52H33N3S. The van der Waals surface area contributed by atoms with Gasteiger partial charge in [0.05, 0.1) is 22.4 Å². The lowest BCUT2D eigenvalue weighted by molar-refractivity contribution is 1.09. The van der Waals surface area contributed by atoms with Crippen LogP contribution in [0.1, 0.15) is 17.7 Å². The van der Waals surface area contributed by atoms with Crippen LogP contribution >= 0.6 is 11.3 Å². The highest BCUT2D eigenvalue weighted by Crippen LogP contribution is 2.47. The minimum atomic E-state index is 0.703. The second-order valence-electron chi connectivity index (χ2n) is 14.8. The summed E-state index contributed by atoms with van der Waals surface area (Å²) in [5, 5.41) is 6.70. The van der Waals surface area contributed by atoms with Crippen LogP contribution in [0.5, 0.6) is 0 Å². The molecule has 2 aliphatic carbocycles. The average molecular weight is 732 g/mol. The van der Waals surface area contributed by atoms with Crippen molar-refractivity contribution in [1.82, 2.24) is 14.5 Å². The molecule has 0 bridgehead atoms. The van der Waals surface area contributed by atoms with Crippen LogP contribution in [0.15, 0.2) is 170 Å². The summed E-state index contributed by atoms with van der Waals surface area (Å²) in [5.74, 6) is 0.703. The Bertz CT molecular complexity index is 3300. The van der Waals surface area contributed by atoms with Gasteiger partial charge in [-0.3, -0.25) is 0 Å². The molecule has 3 nitrogen and oxygen atoms in total. The fourth-order valence-electron chi connectivity index (χ4n) is 9.07. The van der Waals surface area contributed by atoms with E-state index >= 15 is 0 Å². The Labute approximate surface area is 327 Å². The first-order valence-corrected chi connectivity index (χ1v) is 20.1. The van der Waals surface area contributed by atoms with Crippen LogP contribution in [0.2, 0.25) is 0 Å². The van der Waals surface area contributed by atoms with Crippen molar-refractivity contribution in [3.63, 3.8) is 0 Å². The lowest BCUT2D eigenvalue weighted by Gasteiger charge is -2.12. The molecule has 0 atom stereocenters. The predicted octanol–water partition coefficient (Wildman–Crippen LogP) is 12.2. The van der Waals surface area contributed by atoms with Crippen molar-refractivity contribution in [3.8, 4) is 61.8 Å². The molecule has 12 rings (SSSR count). The Morgan fingerprint density at radius 1 is 0.500 bits per heavy atom. The standard InChI is InChI=1S/C52H33N3S/c1-3-12-32(13-4-1)44-31-45(33-14-5-2-6-15-33)54-52(53-44)37-18-9-19-38(28-37)55-46-23-8-7-20-39(46)42-29-35(24-26-47(42)55)36-25-27-48-43(30-36)50-40-21-10-16-34-17-11-22-41(49(34)40)51(50)56-48/h1-10,12-21,23-31H,11,22H2. The van der Waals surface area contributed by atoms with E-state index in [9.17, 15) is 0 Å². The monoisotopic (exact) mass is 731 g/mol. The molecule has 0 saturated carbocycles. The van der Waals surface area contributed by atoms with Crippen LogP contribution in [0.25, 0.3) is 105 Å². The maximum absolute atomic E-state index is 5.14. The van der Waals surface area contributed by atoms with Crippen molar-refractivity contribution >= 4 is 54.9 Å². The Morgan fingerprint density at radius 3 is 1.98 bits per heavy atom. The second-order valence-corrected chi connectivity index (χ2v) is 15.9. The second kappa shape index (κ2) is 12.3. The topological polar surface area (TPSA) is 30.7 Å². The Morgan fingerprint density at radius 2 is 1.18 bits per heavy atom. The van der Waals surface area contributed by atoms with Gasteiger partial charge in [-0.25, -0.2) is 9.97 Å². The van der Waals surface area contributed by atoms with Gasteiger partial charge in [0, 0.05) is 53.7 Å². The van der Waals surface area contributed by atoms with Crippen molar-refractivity contribution in [2.24, 2.45) is 0 Å². The molecule has 0 aliphatic heterocycles. The van der Waals surface area contributed by atoms with E-state index in [1.807, 2.05) is 23.5 Å². The zero-order valence-corrected chi connectivity index (χ0v) is 31.2. The molecule has 10 aromatic rings. The van der Waals surface area contributed by atoms with Crippen molar-refractivity contribution in [2.75, 3.05) is 0 Å². The van der Waals surface area contributed by atoms with Gasteiger partial charge < -0.3 is 4.57 Å². The number of thiophene rings is 1. The first kappa shape index (κ1) is 31.5. The smallest absolute Gasteiger partial charge is 0.160 e. The predicted molar refractivity (Wildman–Crippen MR) is 234 cm³/mol. The van der Waals surface area contributed by atoms with E-state index in [1.165, 1.54) is 69.5 Å². The average Bonchev–Trinajstić information content (AvgIpc) is 3.92. The van der Waals surface area contributed by atoms with Crippen molar-refractivity contribution in [3.05, 3.63) is 185 Å². The highest BCUT2D eigenvalue weighted by atomic mass is 32.1. The molecule has 3 heterocycles. The van der Waals surface area contributed by atoms with Gasteiger partial charge in [-0.05, 0) is 94.1 Å². The van der Waals surface area contributed by atoms with Crippen molar-refractivity contribution in [2.45, 2.75) is 12.8 Å². The lowest BCUT2D eigenvalue weighted by Crippen LogP contribution is -2.28. The molecule has 0 N–H and O–H groups in total. The van der Waals surface area contributed by atoms with Gasteiger partial charge in [0.2, 0.25) is 0 Å². The van der Waals surface area contributed by atoms with Crippen LogP contribution in [-0.4, -0.2) is 14.5 Å². The number of rotatable bonds is 5. The number of para-hydroxylation sites is 1. The van der Waals surface area contributed by atoms with Crippen LogP contribution in [0.3, 0.4) is 0 Å². The molecule has 3 aromatic heterocycles. The largest absolute Gasteiger partial charge is 0.309 e. The molecule has 56 heavy (non-hydrogen) atoms. The number of aromatic nitrogens is 3. The van der Waals surface area contributed by atoms with Gasteiger partial charge in [0.15, 0.2) is 5.82 Å². The first-order valence-electron chi connectivity index (χ1n) is 19.3. The lowest BCUT2D eigenvalue weighted by atomic mass is 9.98. The molecule has 0 amide bonds. The third-order valence-electron chi connectivity index (χ3n) is 11.6. The minimum Gasteiger partial charge on any atom is -0.309 e. The number of fused-ring (bicyclic) bond motifs is 8. The quantitative estimate of drug-likeness (QED) is 0.176. The summed E-state index contributed by atoms with van der Waals surface area (Å²) in [6.07, 6.45) is 4.66. The fraction of sp³-hybridized carbons (Fsp3) is 0.0385. The first-order chi connectivity index (χ1) is 27.7. The molecule has 0 saturated heterocycles. The summed E-state index contributed by atoms with van der Waals surface area (Å²) < 4.78 is 3.75. The van der Waals surface area contributed by atoms with E-state index in [2.05, 4.69) is 168 Å². The van der Waals surface area contributed by atoms with E-state index in [0.717, 1.165) is 46.6 Å². The number of nitrogens with zero attached hydrogens (tertiary/aromatic N) is 3. The van der Waals surface area contributed by atoms with Crippen molar-refractivity contribution in [1.29, 1.82) is 0 Å². The van der Waals surface area contributed by atoms with E-state index in [1.54, 1.807) is 5.57 Å². The van der Waals surface area contributed by atoms with E-state index < -0.39 is 0 Å². The van der Waals surface area contributed by atoms with Gasteiger partial charge in [-0.15, -0.1) is 11.3 Å². The number of benzene rings is 7. The molecule has 4 heteroatoms. The highest BCUT2D eigenvalue weighted by Gasteiger charge is 2.26. The maximum Gasteiger partial charge on any atom is 0.160 e. The fourth-order valence-corrected chi connectivity index (χ4v) is 10.3. The Hall–Kier alpha value is -6.88. The summed E-state index contributed by atoms with van der Waals surface area (Å²) in [7, 11) is 0. The molecule has 262 valence electrons. The van der Waals surface area contributed by atoms with E-state index in [4.69, 9.17) is 9.97 Å². The Balaban J connectivity index is 0.988. The molecule has 7 aromatic carbocycles. The van der Waals surface area contributed by atoms with Crippen LogP contribution in [0.4, 0.5) is 0 Å². The van der Waals surface area contributed by atoms with Crippen LogP contribution < -0.4 is 10.4 Å². The zero-order valence-electron chi connectivity index (χ0n) is 30.4. The molecule has 0 spiro atoms. The van der Waals surface area contributed by atoms with Gasteiger partial charge >= 0.3 is 0 Å². The van der Waals surface area contributed by atoms with Gasteiger partial charge in [-0.2, -0.15) is 0 Å². The maximum atomic E-state index is 5.14. The zero-order chi connectivity index (χ0) is 36.7. The van der Waals surface area contributed by atoms with Crippen LogP contribution in [-0.2, 0) is 0 Å². The van der Waals surface area contributed by atoms with Crippen LogP contribution in [0, 0.1) is 0 Å². The van der Waals surface area contributed by atoms with Gasteiger partial charge in [0.1, 0.15) is 0 Å². The van der Waals surface area contributed by atoms with Gasteiger partial charge in [-0.1, -0.05) is 127 Å². The molecule has 0 radical (unpaired) electrons. The highest BCUT2D eigenvalue weighted by molar-refractivity contribution is 7.20. The number of hydrogen-bond donors (Lipinski definition) is 0. The minimum absolute atomic E-state index is 0.703. The summed E-state index contributed by atoms with van der Waals surface area (Å²) >= 11 is 1.96. The Kier molecular flexibility index (Phi) is 6.92. The third kappa shape index (κ3) is 4.83. The molecule has 0 fully saturated rings. The normalized spacial score (nSPS) is 13.0. The SMILES string of the molecule is C1=c2cccc3c2=C(CC1)c1sc2ccc(-c4ccc5c(c4)c4ccccc4n5-c4cccc(-c5nc(-c6ccccc6)cc(-c6ccccc6)n5)c4)cc2c1-3. The molecular weight excluding hydrogens is 699 g/mol. The summed E-state index contributed by atoms with van der Waals surface area (Å²) in [6, 6.07) is 61.1. The summed E-state index contributed by atoms with van der Waals surface area (Å²) in [5.41, 5.74) is 15.2. The van der Waals surface area contributed by atoms with E-state index in [0.29, 0.717) is 5.82 Å². The molecule has 0 unspecified atom stereocenters. The summed E-state index contributed by atoms with van der Waals surface area (Å²) in [6.45, 7) is 0. The number of hydrogen-bond acceptors (Lipinski definition) is 3. The van der Waals surface area contributed by atoms with E-state index in [-0.39, 0.29) is 0 Å². The third-order valence-corrected chi connectivity index (χ3v) is 12.9. The molecule has 2 aliphatic rings. The van der Waals surface area contributed by atoms with Gasteiger partial charge in [0.25, 0.3) is 0 Å². The van der Waals surface area contributed by atoms with Crippen molar-refractivity contribution < 1.29 is 0 Å².